The molecule has 2 N–H and O–H groups in total. The van der Waals surface area contributed by atoms with Crippen molar-refractivity contribution in [1.82, 2.24) is 15.1 Å². The van der Waals surface area contributed by atoms with Crippen molar-refractivity contribution in [2.75, 3.05) is 38.7 Å². The van der Waals surface area contributed by atoms with Gasteiger partial charge >= 0.3 is 12.1 Å². The number of nitrogens with zero attached hydrogens (tertiary/aromatic N) is 3. The second-order valence-electron chi connectivity index (χ2n) is 12.4. The van der Waals surface area contributed by atoms with E-state index < -0.39 is 60.0 Å². The number of carbonyl (C=O) groups is 5. The minimum Gasteiger partial charge on any atom is -0.497 e. The normalized spacial score (nSPS) is 14.8. The van der Waals surface area contributed by atoms with Gasteiger partial charge in [-0.05, 0) is 78.2 Å². The summed E-state index contributed by atoms with van der Waals surface area (Å²) in [5, 5.41) is 14.4. The number of likely N-dealkylation sites (tertiary alicyclic amines) is 1. The van der Waals surface area contributed by atoms with Gasteiger partial charge in [0.15, 0.2) is 0 Å². The van der Waals surface area contributed by atoms with Gasteiger partial charge in [0.2, 0.25) is 11.8 Å². The Labute approximate surface area is 297 Å². The van der Waals surface area contributed by atoms with E-state index in [1.54, 1.807) is 30.3 Å². The van der Waals surface area contributed by atoms with Crippen molar-refractivity contribution in [1.29, 1.82) is 0 Å². The molecule has 0 bridgehead atoms. The third kappa shape index (κ3) is 8.86. The third-order valence-electron chi connectivity index (χ3n) is 9.01. The van der Waals surface area contributed by atoms with Gasteiger partial charge in [-0.3, -0.25) is 19.2 Å². The Kier molecular flexibility index (Phi) is 11.5. The number of carboxylic acids is 1. The van der Waals surface area contributed by atoms with E-state index in [0.29, 0.717) is 17.9 Å². The highest BCUT2D eigenvalue weighted by molar-refractivity contribution is 6.01. The van der Waals surface area contributed by atoms with Crippen LogP contribution >= 0.6 is 0 Å². The van der Waals surface area contributed by atoms with E-state index >= 15 is 0 Å². The van der Waals surface area contributed by atoms with Crippen molar-refractivity contribution in [3.63, 3.8) is 0 Å². The van der Waals surface area contributed by atoms with Gasteiger partial charge in [-0.25, -0.2) is 4.79 Å². The maximum absolute atomic E-state index is 13.9. The van der Waals surface area contributed by atoms with Crippen molar-refractivity contribution >= 4 is 46.1 Å². The number of fused-ring (bicyclic) bond motifs is 1. The molecule has 0 saturated carbocycles. The number of benzene rings is 4. The quantitative estimate of drug-likeness (QED) is 0.205. The molecule has 11 nitrogen and oxygen atoms in total. The van der Waals surface area contributed by atoms with E-state index in [-0.39, 0.29) is 37.1 Å². The van der Waals surface area contributed by atoms with Gasteiger partial charge in [0.1, 0.15) is 18.3 Å². The molecule has 4 amide bonds. The average Bonchev–Trinajstić information content (AvgIpc) is 3.61. The molecule has 5 rings (SSSR count). The number of alkyl halides is 3. The zero-order valence-corrected chi connectivity index (χ0v) is 28.4. The molecule has 4 aromatic rings. The summed E-state index contributed by atoms with van der Waals surface area (Å²) in [7, 11) is 2.82. The van der Waals surface area contributed by atoms with Crippen LogP contribution in [-0.2, 0) is 20.6 Å². The van der Waals surface area contributed by atoms with Crippen LogP contribution in [0.3, 0.4) is 0 Å². The zero-order valence-electron chi connectivity index (χ0n) is 28.4. The molecule has 2 unspecified atom stereocenters. The number of hydrogen-bond donors (Lipinski definition) is 2. The molecule has 1 aliphatic heterocycles. The summed E-state index contributed by atoms with van der Waals surface area (Å²) in [4.78, 5) is 69.5. The summed E-state index contributed by atoms with van der Waals surface area (Å²) in [6.07, 6.45) is -4.82. The summed E-state index contributed by atoms with van der Waals surface area (Å²) in [6, 6.07) is 21.0. The molecule has 2 atom stereocenters. The van der Waals surface area contributed by atoms with Gasteiger partial charge in [-0.2, -0.15) is 13.2 Å². The SMILES string of the molecule is COc1ccc(C(=O)N(C)C(CCC(=O)N(CC(=O)N2CCC(NC(=O)c3cccc(C(F)(F)F)c3)C2)c2ccc3ccccc3c2)C(=O)O)cc1. The minimum absolute atomic E-state index is 0.0721. The third-order valence-corrected chi connectivity index (χ3v) is 9.01. The van der Waals surface area contributed by atoms with Crippen molar-refractivity contribution in [2.24, 2.45) is 0 Å². The number of carboxylic acid groups (broad SMARTS) is 1. The number of anilines is 1. The summed E-state index contributed by atoms with van der Waals surface area (Å²) in [6.45, 7) is -0.0993. The molecule has 0 radical (unpaired) electrons. The van der Waals surface area contributed by atoms with Gasteiger partial charge in [-0.1, -0.05) is 36.4 Å². The lowest BCUT2D eigenvalue weighted by atomic mass is 10.1. The first-order valence-corrected chi connectivity index (χ1v) is 16.4. The monoisotopic (exact) mass is 718 g/mol. The van der Waals surface area contributed by atoms with Gasteiger partial charge in [0.05, 0.1) is 12.7 Å². The number of rotatable bonds is 12. The number of halogens is 3. The van der Waals surface area contributed by atoms with Crippen LogP contribution in [0.1, 0.15) is 45.5 Å². The van der Waals surface area contributed by atoms with E-state index in [1.807, 2.05) is 24.3 Å². The van der Waals surface area contributed by atoms with Crippen LogP contribution < -0.4 is 15.0 Å². The molecular formula is C38H37F3N4O7. The van der Waals surface area contributed by atoms with Crippen LogP contribution in [0, 0.1) is 0 Å². The van der Waals surface area contributed by atoms with Crippen LogP contribution in [-0.4, -0.2) is 90.4 Å². The topological polar surface area (TPSA) is 137 Å². The number of hydrogen-bond acceptors (Lipinski definition) is 6. The molecular weight excluding hydrogens is 681 g/mol. The van der Waals surface area contributed by atoms with Crippen molar-refractivity contribution in [3.8, 4) is 5.75 Å². The Bertz CT molecular complexity index is 1970. The second-order valence-corrected chi connectivity index (χ2v) is 12.4. The molecule has 1 fully saturated rings. The van der Waals surface area contributed by atoms with Crippen molar-refractivity contribution < 1.29 is 47.0 Å². The van der Waals surface area contributed by atoms with Gasteiger partial charge < -0.3 is 29.9 Å². The number of nitrogens with one attached hydrogen (secondary N) is 1. The predicted molar refractivity (Wildman–Crippen MR) is 186 cm³/mol. The molecule has 4 aromatic carbocycles. The molecule has 52 heavy (non-hydrogen) atoms. The molecule has 14 heteroatoms. The fourth-order valence-corrected chi connectivity index (χ4v) is 6.07. The summed E-state index contributed by atoms with van der Waals surface area (Å²) in [5.41, 5.74) is -0.477. The second kappa shape index (κ2) is 16.0. The fraction of sp³-hybridized carbons (Fsp3) is 0.289. The number of methoxy groups -OCH3 is 1. The highest BCUT2D eigenvalue weighted by atomic mass is 19.4. The standard InChI is InChI=1S/C38H37F3N4O7/c1-43(36(49)25-11-14-31(52-2)15-12-25)32(37(50)51)16-17-33(46)45(30-13-10-24-6-3-4-7-26(24)21-30)23-34(47)44-19-18-29(22-44)42-35(48)27-8-5-9-28(20-27)38(39,40)41/h3-15,20-21,29,32H,16-19,22-23H2,1-2H3,(H,42,48)(H,50,51). The molecule has 0 aromatic heterocycles. The number of carbonyl (C=O) groups excluding carboxylic acids is 4. The number of amides is 4. The summed E-state index contributed by atoms with van der Waals surface area (Å²) in [5.74, 6) is -3.05. The lowest BCUT2D eigenvalue weighted by molar-refractivity contribution is -0.142. The fourth-order valence-electron chi connectivity index (χ4n) is 6.07. The van der Waals surface area contributed by atoms with Crippen LogP contribution in [0.25, 0.3) is 10.8 Å². The molecule has 1 saturated heterocycles. The molecule has 0 aliphatic carbocycles. The molecule has 1 aliphatic rings. The maximum Gasteiger partial charge on any atom is 0.416 e. The van der Waals surface area contributed by atoms with E-state index in [1.165, 1.54) is 42.2 Å². The number of aliphatic carboxylic acids is 1. The largest absolute Gasteiger partial charge is 0.497 e. The van der Waals surface area contributed by atoms with Crippen LogP contribution in [0.5, 0.6) is 5.75 Å². The first-order chi connectivity index (χ1) is 24.7. The van der Waals surface area contributed by atoms with E-state index in [9.17, 15) is 42.3 Å². The van der Waals surface area contributed by atoms with Crippen LogP contribution in [0.15, 0.2) is 91.0 Å². The Balaban J connectivity index is 1.28. The van der Waals surface area contributed by atoms with Gasteiger partial charge in [0.25, 0.3) is 11.8 Å². The Morgan fingerprint density at radius 3 is 2.31 bits per heavy atom. The van der Waals surface area contributed by atoms with Crippen LogP contribution in [0.2, 0.25) is 0 Å². The Morgan fingerprint density at radius 2 is 1.63 bits per heavy atom. The summed E-state index contributed by atoms with van der Waals surface area (Å²) >= 11 is 0. The molecule has 272 valence electrons. The minimum atomic E-state index is -4.61. The highest BCUT2D eigenvalue weighted by Gasteiger charge is 2.34. The van der Waals surface area contributed by atoms with Crippen molar-refractivity contribution in [2.45, 2.75) is 37.5 Å². The van der Waals surface area contributed by atoms with Crippen molar-refractivity contribution in [3.05, 3.63) is 108 Å². The highest BCUT2D eigenvalue weighted by Crippen LogP contribution is 2.30. The lowest BCUT2D eigenvalue weighted by Crippen LogP contribution is -2.45. The van der Waals surface area contributed by atoms with Gasteiger partial charge in [0, 0.05) is 49.4 Å². The first kappa shape index (κ1) is 37.3. The average molecular weight is 719 g/mol. The van der Waals surface area contributed by atoms with Crippen LogP contribution in [0.4, 0.5) is 18.9 Å². The lowest BCUT2D eigenvalue weighted by Gasteiger charge is -2.28. The first-order valence-electron chi connectivity index (χ1n) is 16.4. The van der Waals surface area contributed by atoms with Gasteiger partial charge in [-0.15, -0.1) is 0 Å². The van der Waals surface area contributed by atoms with E-state index in [4.69, 9.17) is 4.74 Å². The number of likely N-dealkylation sites (N-methyl/N-ethyl adjacent to an activating group) is 1. The van der Waals surface area contributed by atoms with E-state index in [0.717, 1.165) is 33.9 Å². The Hall–Kier alpha value is -5.92. The summed E-state index contributed by atoms with van der Waals surface area (Å²) < 4.78 is 44.6. The Morgan fingerprint density at radius 1 is 0.923 bits per heavy atom. The zero-order chi connectivity index (χ0) is 37.6. The maximum atomic E-state index is 13.9. The molecule has 0 spiro atoms. The number of ether oxygens (including phenoxy) is 1. The molecule has 1 heterocycles. The predicted octanol–water partition coefficient (Wildman–Crippen LogP) is 5.24. The van der Waals surface area contributed by atoms with E-state index in [2.05, 4.69) is 5.32 Å². The smallest absolute Gasteiger partial charge is 0.416 e.